The summed E-state index contributed by atoms with van der Waals surface area (Å²) in [5.74, 6) is 0.573. The average molecular weight is 256 g/mol. The average Bonchev–Trinajstić information content (AvgIpc) is 2.74. The first kappa shape index (κ1) is 15.4. The summed E-state index contributed by atoms with van der Waals surface area (Å²) in [5, 5.41) is 12.4. The first-order chi connectivity index (χ1) is 8.61. The van der Waals surface area contributed by atoms with E-state index in [1.54, 1.807) is 0 Å². The van der Waals surface area contributed by atoms with Crippen LogP contribution in [0, 0.1) is 5.92 Å². The van der Waals surface area contributed by atoms with Crippen LogP contribution in [0.15, 0.2) is 0 Å². The lowest BCUT2D eigenvalue weighted by Gasteiger charge is -2.30. The summed E-state index contributed by atoms with van der Waals surface area (Å²) >= 11 is 0. The maximum Gasteiger partial charge on any atom is 0.237 e. The fourth-order valence-corrected chi connectivity index (χ4v) is 2.69. The maximum atomic E-state index is 12.0. The van der Waals surface area contributed by atoms with Crippen molar-refractivity contribution in [3.05, 3.63) is 0 Å². The Morgan fingerprint density at radius 3 is 2.83 bits per heavy atom. The molecule has 0 saturated carbocycles. The van der Waals surface area contributed by atoms with Crippen LogP contribution in [0.25, 0.3) is 0 Å². The van der Waals surface area contributed by atoms with Gasteiger partial charge >= 0.3 is 0 Å². The molecule has 3 atom stereocenters. The Kier molecular flexibility index (Phi) is 6.65. The molecule has 1 aliphatic rings. The Balaban J connectivity index is 2.38. The van der Waals surface area contributed by atoms with E-state index in [4.69, 9.17) is 0 Å². The zero-order chi connectivity index (χ0) is 13.5. The number of aliphatic hydroxyl groups is 1. The third-order valence-corrected chi connectivity index (χ3v) is 4.07. The number of nitrogens with one attached hydrogen (secondary N) is 1. The highest BCUT2D eigenvalue weighted by atomic mass is 16.3. The molecule has 0 spiro atoms. The highest BCUT2D eigenvalue weighted by molar-refractivity contribution is 5.81. The van der Waals surface area contributed by atoms with Crippen molar-refractivity contribution in [1.29, 1.82) is 0 Å². The van der Waals surface area contributed by atoms with Gasteiger partial charge in [0, 0.05) is 12.6 Å². The summed E-state index contributed by atoms with van der Waals surface area (Å²) in [5.41, 5.74) is 0. The zero-order valence-electron chi connectivity index (χ0n) is 12.0. The molecule has 1 saturated heterocycles. The van der Waals surface area contributed by atoms with Gasteiger partial charge in [0.1, 0.15) is 0 Å². The van der Waals surface area contributed by atoms with Crippen molar-refractivity contribution < 1.29 is 9.90 Å². The van der Waals surface area contributed by atoms with Crippen LogP contribution in [0.2, 0.25) is 0 Å². The van der Waals surface area contributed by atoms with Gasteiger partial charge < -0.3 is 10.4 Å². The molecule has 1 amide bonds. The number of hydrogen-bond acceptors (Lipinski definition) is 3. The van der Waals surface area contributed by atoms with Gasteiger partial charge in [0.2, 0.25) is 5.91 Å². The lowest BCUT2D eigenvalue weighted by Crippen LogP contribution is -2.49. The summed E-state index contributed by atoms with van der Waals surface area (Å²) in [6, 6.07) is 0.00937. The van der Waals surface area contributed by atoms with E-state index in [1.165, 1.54) is 6.42 Å². The Labute approximate surface area is 111 Å². The molecule has 3 unspecified atom stereocenters. The fraction of sp³-hybridized carbons (Fsp3) is 0.929. The molecule has 4 nitrogen and oxygen atoms in total. The van der Waals surface area contributed by atoms with E-state index >= 15 is 0 Å². The van der Waals surface area contributed by atoms with Crippen molar-refractivity contribution in [1.82, 2.24) is 10.2 Å². The van der Waals surface area contributed by atoms with E-state index in [0.717, 1.165) is 32.4 Å². The van der Waals surface area contributed by atoms with E-state index in [-0.39, 0.29) is 24.6 Å². The summed E-state index contributed by atoms with van der Waals surface area (Å²) in [6.45, 7) is 8.07. The highest BCUT2D eigenvalue weighted by Gasteiger charge is 2.35. The Bertz CT molecular complexity index is 258. The minimum absolute atomic E-state index is 0.0960. The second-order valence-electron chi connectivity index (χ2n) is 5.43. The molecule has 2 N–H and O–H groups in total. The van der Waals surface area contributed by atoms with E-state index in [1.807, 2.05) is 6.92 Å². The monoisotopic (exact) mass is 256 g/mol. The third-order valence-electron chi connectivity index (χ3n) is 4.07. The number of unbranched alkanes of at least 4 members (excludes halogenated alkanes) is 2. The van der Waals surface area contributed by atoms with Crippen LogP contribution in [0.1, 0.15) is 46.5 Å². The van der Waals surface area contributed by atoms with Crippen molar-refractivity contribution in [2.24, 2.45) is 5.92 Å². The molecule has 1 heterocycles. The van der Waals surface area contributed by atoms with Crippen LogP contribution in [0.3, 0.4) is 0 Å². The quantitative estimate of drug-likeness (QED) is 0.677. The van der Waals surface area contributed by atoms with Crippen LogP contribution in [0.4, 0.5) is 0 Å². The molecular weight excluding hydrogens is 228 g/mol. The van der Waals surface area contributed by atoms with Crippen LogP contribution >= 0.6 is 0 Å². The van der Waals surface area contributed by atoms with Gasteiger partial charge in [0.25, 0.3) is 0 Å². The molecule has 1 fully saturated rings. The lowest BCUT2D eigenvalue weighted by molar-refractivity contribution is -0.126. The SMILES string of the molecule is CCCCCNC(=O)C(C)N1CCC(C)C1CO. The number of likely N-dealkylation sites (tertiary alicyclic amines) is 1. The number of carbonyl (C=O) groups is 1. The topological polar surface area (TPSA) is 52.6 Å². The smallest absolute Gasteiger partial charge is 0.237 e. The van der Waals surface area contributed by atoms with E-state index < -0.39 is 0 Å². The van der Waals surface area contributed by atoms with Crippen LogP contribution in [-0.4, -0.2) is 47.7 Å². The second-order valence-corrected chi connectivity index (χ2v) is 5.43. The molecule has 0 aromatic carbocycles. The predicted molar refractivity (Wildman–Crippen MR) is 73.4 cm³/mol. The maximum absolute atomic E-state index is 12.0. The normalized spacial score (nSPS) is 26.2. The summed E-state index contributed by atoms with van der Waals surface area (Å²) in [7, 11) is 0. The number of carbonyl (C=O) groups excluding carboxylic acids is 1. The summed E-state index contributed by atoms with van der Waals surface area (Å²) in [6.07, 6.45) is 4.45. The van der Waals surface area contributed by atoms with Gasteiger partial charge in [-0.2, -0.15) is 0 Å². The van der Waals surface area contributed by atoms with Gasteiger partial charge in [-0.1, -0.05) is 26.7 Å². The number of hydrogen-bond donors (Lipinski definition) is 2. The lowest BCUT2D eigenvalue weighted by atomic mass is 10.0. The molecule has 1 aliphatic heterocycles. The van der Waals surface area contributed by atoms with Crippen LogP contribution in [0.5, 0.6) is 0 Å². The number of nitrogens with zero attached hydrogens (tertiary/aromatic N) is 1. The number of rotatable bonds is 7. The first-order valence-corrected chi connectivity index (χ1v) is 7.26. The highest BCUT2D eigenvalue weighted by Crippen LogP contribution is 2.25. The van der Waals surface area contributed by atoms with Gasteiger partial charge in [0.15, 0.2) is 0 Å². The van der Waals surface area contributed by atoms with Crippen molar-refractivity contribution >= 4 is 5.91 Å². The van der Waals surface area contributed by atoms with Crippen molar-refractivity contribution in [2.45, 2.75) is 58.5 Å². The molecular formula is C14H28N2O2. The largest absolute Gasteiger partial charge is 0.395 e. The van der Waals surface area contributed by atoms with E-state index in [0.29, 0.717) is 5.92 Å². The standard InChI is InChI=1S/C14H28N2O2/c1-4-5-6-8-15-14(18)12(3)16-9-7-11(2)13(16)10-17/h11-13,17H,4-10H2,1-3H3,(H,15,18). The summed E-state index contributed by atoms with van der Waals surface area (Å²) < 4.78 is 0. The predicted octanol–water partition coefficient (Wildman–Crippen LogP) is 1.38. The van der Waals surface area contributed by atoms with Crippen molar-refractivity contribution in [2.75, 3.05) is 19.7 Å². The molecule has 4 heteroatoms. The molecule has 0 aliphatic carbocycles. The Morgan fingerprint density at radius 2 is 2.22 bits per heavy atom. The fourth-order valence-electron chi connectivity index (χ4n) is 2.69. The van der Waals surface area contributed by atoms with Gasteiger partial charge in [-0.3, -0.25) is 9.69 Å². The van der Waals surface area contributed by atoms with Crippen molar-refractivity contribution in [3.63, 3.8) is 0 Å². The molecule has 0 aromatic heterocycles. The molecule has 0 aromatic rings. The van der Waals surface area contributed by atoms with Gasteiger partial charge in [-0.05, 0) is 32.2 Å². The first-order valence-electron chi connectivity index (χ1n) is 7.26. The summed E-state index contributed by atoms with van der Waals surface area (Å²) in [4.78, 5) is 14.2. The molecule has 106 valence electrons. The van der Waals surface area contributed by atoms with Crippen LogP contribution < -0.4 is 5.32 Å². The molecule has 0 radical (unpaired) electrons. The second kappa shape index (κ2) is 7.74. The zero-order valence-corrected chi connectivity index (χ0v) is 12.0. The Hall–Kier alpha value is -0.610. The van der Waals surface area contributed by atoms with Gasteiger partial charge in [0.05, 0.1) is 12.6 Å². The molecule has 18 heavy (non-hydrogen) atoms. The Morgan fingerprint density at radius 1 is 1.50 bits per heavy atom. The van der Waals surface area contributed by atoms with Crippen molar-refractivity contribution in [3.8, 4) is 0 Å². The third kappa shape index (κ3) is 3.95. The van der Waals surface area contributed by atoms with E-state index in [2.05, 4.69) is 24.1 Å². The molecule has 0 bridgehead atoms. The van der Waals surface area contributed by atoms with Gasteiger partial charge in [-0.25, -0.2) is 0 Å². The van der Waals surface area contributed by atoms with Gasteiger partial charge in [-0.15, -0.1) is 0 Å². The van der Waals surface area contributed by atoms with E-state index in [9.17, 15) is 9.90 Å². The minimum Gasteiger partial charge on any atom is -0.395 e. The minimum atomic E-state index is -0.131. The van der Waals surface area contributed by atoms with Crippen LogP contribution in [-0.2, 0) is 4.79 Å². The number of aliphatic hydroxyl groups excluding tert-OH is 1. The number of amides is 1. The molecule has 1 rings (SSSR count).